The van der Waals surface area contributed by atoms with Gasteiger partial charge >= 0.3 is 0 Å². The van der Waals surface area contributed by atoms with Gasteiger partial charge in [0, 0.05) is 30.0 Å². The van der Waals surface area contributed by atoms with Crippen molar-refractivity contribution >= 4 is 46.4 Å². The van der Waals surface area contributed by atoms with Crippen molar-refractivity contribution in [1.82, 2.24) is 5.32 Å². The Balaban J connectivity index is 1.57. The molecule has 3 amide bonds. The van der Waals surface area contributed by atoms with E-state index in [2.05, 4.69) is 21.3 Å². The Morgan fingerprint density at radius 2 is 1.65 bits per heavy atom. The molecule has 0 radical (unpaired) electrons. The summed E-state index contributed by atoms with van der Waals surface area (Å²) >= 11 is 6.22. The molecule has 8 heteroatoms. The van der Waals surface area contributed by atoms with Crippen LogP contribution >= 0.6 is 11.6 Å². The second-order valence-electron chi connectivity index (χ2n) is 7.67. The fourth-order valence-electron chi connectivity index (χ4n) is 3.58. The first-order valence-electron chi connectivity index (χ1n) is 10.4. The molecule has 1 saturated carbocycles. The molecule has 31 heavy (non-hydrogen) atoms. The van der Waals surface area contributed by atoms with Crippen LogP contribution in [0.3, 0.4) is 0 Å². The van der Waals surface area contributed by atoms with Crippen LogP contribution in [0.2, 0.25) is 5.02 Å². The SMILES string of the molecule is CC(=O)Nc1cccc(NCC(=O)Nc2ccc(Cl)c(C(=O)NC3CCCCC3)c2)c1. The number of anilines is 3. The summed E-state index contributed by atoms with van der Waals surface area (Å²) < 4.78 is 0. The molecule has 1 fully saturated rings. The number of hydrogen-bond donors (Lipinski definition) is 4. The summed E-state index contributed by atoms with van der Waals surface area (Å²) in [5.41, 5.74) is 2.19. The third kappa shape index (κ3) is 7.00. The van der Waals surface area contributed by atoms with Gasteiger partial charge in [-0.3, -0.25) is 14.4 Å². The molecule has 0 bridgehead atoms. The van der Waals surface area contributed by atoms with E-state index in [1.807, 2.05) is 0 Å². The maximum absolute atomic E-state index is 12.6. The van der Waals surface area contributed by atoms with Gasteiger partial charge in [-0.2, -0.15) is 0 Å². The maximum atomic E-state index is 12.6. The Bertz CT molecular complexity index is 958. The van der Waals surface area contributed by atoms with Crippen molar-refractivity contribution in [3.8, 4) is 0 Å². The fourth-order valence-corrected chi connectivity index (χ4v) is 3.79. The van der Waals surface area contributed by atoms with Gasteiger partial charge in [-0.1, -0.05) is 36.9 Å². The molecule has 1 aliphatic carbocycles. The van der Waals surface area contributed by atoms with Crippen molar-refractivity contribution < 1.29 is 14.4 Å². The third-order valence-electron chi connectivity index (χ3n) is 5.07. The standard InChI is InChI=1S/C23H27ClN4O3/c1-15(29)26-18-9-5-8-17(12-18)25-14-22(30)27-19-10-11-21(24)20(13-19)23(31)28-16-6-3-2-4-7-16/h5,8-13,16,25H,2-4,6-7,14H2,1H3,(H,26,29)(H,27,30)(H,28,31). The molecule has 4 N–H and O–H groups in total. The summed E-state index contributed by atoms with van der Waals surface area (Å²) in [5.74, 6) is -0.659. The van der Waals surface area contributed by atoms with Crippen molar-refractivity contribution in [2.24, 2.45) is 0 Å². The van der Waals surface area contributed by atoms with Crippen LogP contribution in [0.1, 0.15) is 49.4 Å². The highest BCUT2D eigenvalue weighted by Crippen LogP contribution is 2.23. The molecule has 0 saturated heterocycles. The minimum absolute atomic E-state index is 0.0236. The van der Waals surface area contributed by atoms with Gasteiger partial charge in [0.05, 0.1) is 17.1 Å². The van der Waals surface area contributed by atoms with Crippen LogP contribution in [-0.4, -0.2) is 30.3 Å². The Labute approximate surface area is 186 Å². The Morgan fingerprint density at radius 1 is 0.935 bits per heavy atom. The van der Waals surface area contributed by atoms with Gasteiger partial charge in [0.15, 0.2) is 0 Å². The summed E-state index contributed by atoms with van der Waals surface area (Å²) in [6, 6.07) is 12.1. The van der Waals surface area contributed by atoms with Gasteiger partial charge in [-0.15, -0.1) is 0 Å². The lowest BCUT2D eigenvalue weighted by molar-refractivity contribution is -0.115. The van der Waals surface area contributed by atoms with Crippen LogP contribution in [0.15, 0.2) is 42.5 Å². The normalized spacial score (nSPS) is 13.9. The van der Waals surface area contributed by atoms with Gasteiger partial charge in [0.25, 0.3) is 5.91 Å². The first-order valence-corrected chi connectivity index (χ1v) is 10.8. The maximum Gasteiger partial charge on any atom is 0.253 e. The van der Waals surface area contributed by atoms with E-state index in [0.717, 1.165) is 25.7 Å². The number of nitrogens with one attached hydrogen (secondary N) is 4. The predicted molar refractivity (Wildman–Crippen MR) is 124 cm³/mol. The zero-order chi connectivity index (χ0) is 22.2. The summed E-state index contributed by atoms with van der Waals surface area (Å²) in [6.45, 7) is 1.46. The molecular formula is C23H27ClN4O3. The molecule has 2 aromatic rings. The minimum atomic E-state index is -0.272. The molecular weight excluding hydrogens is 416 g/mol. The van der Waals surface area contributed by atoms with Crippen LogP contribution in [0.5, 0.6) is 0 Å². The number of hydrogen-bond acceptors (Lipinski definition) is 4. The number of carbonyl (C=O) groups excluding carboxylic acids is 3. The van der Waals surface area contributed by atoms with E-state index in [9.17, 15) is 14.4 Å². The van der Waals surface area contributed by atoms with Gasteiger partial charge in [0.2, 0.25) is 11.8 Å². The Hall–Kier alpha value is -3.06. The monoisotopic (exact) mass is 442 g/mol. The first kappa shape index (κ1) is 22.6. The largest absolute Gasteiger partial charge is 0.376 e. The van der Waals surface area contributed by atoms with E-state index in [0.29, 0.717) is 27.6 Å². The smallest absolute Gasteiger partial charge is 0.253 e. The van der Waals surface area contributed by atoms with Crippen molar-refractivity contribution in [2.75, 3.05) is 22.5 Å². The van der Waals surface area contributed by atoms with Gasteiger partial charge in [-0.05, 0) is 49.2 Å². The van der Waals surface area contributed by atoms with Crippen molar-refractivity contribution in [3.63, 3.8) is 0 Å². The lowest BCUT2D eigenvalue weighted by Crippen LogP contribution is -2.36. The molecule has 3 rings (SSSR count). The van der Waals surface area contributed by atoms with Crippen LogP contribution in [0.25, 0.3) is 0 Å². The lowest BCUT2D eigenvalue weighted by Gasteiger charge is -2.23. The molecule has 1 aliphatic rings. The summed E-state index contributed by atoms with van der Waals surface area (Å²) in [4.78, 5) is 36.2. The van der Waals surface area contributed by atoms with Crippen molar-refractivity contribution in [3.05, 3.63) is 53.1 Å². The topological polar surface area (TPSA) is 99.3 Å². The van der Waals surface area contributed by atoms with Gasteiger partial charge < -0.3 is 21.3 Å². The molecule has 0 spiro atoms. The molecule has 0 unspecified atom stereocenters. The Morgan fingerprint density at radius 3 is 2.39 bits per heavy atom. The highest BCUT2D eigenvalue weighted by atomic mass is 35.5. The summed E-state index contributed by atoms with van der Waals surface area (Å²) in [7, 11) is 0. The average Bonchev–Trinajstić information content (AvgIpc) is 2.74. The molecule has 164 valence electrons. The molecule has 0 atom stereocenters. The van der Waals surface area contributed by atoms with E-state index >= 15 is 0 Å². The predicted octanol–water partition coefficient (Wildman–Crippen LogP) is 4.41. The zero-order valence-electron chi connectivity index (χ0n) is 17.5. The summed E-state index contributed by atoms with van der Waals surface area (Å²) in [5, 5.41) is 11.9. The van der Waals surface area contributed by atoms with Crippen LogP contribution in [0.4, 0.5) is 17.1 Å². The van der Waals surface area contributed by atoms with Crippen molar-refractivity contribution in [2.45, 2.75) is 45.1 Å². The fraction of sp³-hybridized carbons (Fsp3) is 0.348. The van der Waals surface area contributed by atoms with Gasteiger partial charge in [0.1, 0.15) is 0 Å². The van der Waals surface area contributed by atoms with E-state index < -0.39 is 0 Å². The first-order chi connectivity index (χ1) is 14.9. The van der Waals surface area contributed by atoms with E-state index in [4.69, 9.17) is 11.6 Å². The minimum Gasteiger partial charge on any atom is -0.376 e. The van der Waals surface area contributed by atoms with E-state index in [-0.39, 0.29) is 30.3 Å². The molecule has 7 nitrogen and oxygen atoms in total. The average molecular weight is 443 g/mol. The van der Waals surface area contributed by atoms with E-state index in [1.165, 1.54) is 13.3 Å². The Kier molecular flexibility index (Phi) is 7.89. The van der Waals surface area contributed by atoms with Gasteiger partial charge in [-0.25, -0.2) is 0 Å². The molecule has 2 aromatic carbocycles. The van der Waals surface area contributed by atoms with Crippen LogP contribution < -0.4 is 21.3 Å². The molecule has 0 aromatic heterocycles. The molecule has 0 aliphatic heterocycles. The van der Waals surface area contributed by atoms with Crippen LogP contribution in [-0.2, 0) is 9.59 Å². The number of rotatable bonds is 7. The second-order valence-corrected chi connectivity index (χ2v) is 8.07. The number of amides is 3. The quantitative estimate of drug-likeness (QED) is 0.510. The molecule has 0 heterocycles. The number of benzene rings is 2. The number of carbonyl (C=O) groups is 3. The third-order valence-corrected chi connectivity index (χ3v) is 5.40. The second kappa shape index (κ2) is 10.8. The lowest BCUT2D eigenvalue weighted by atomic mass is 9.95. The van der Waals surface area contributed by atoms with Crippen LogP contribution in [0, 0.1) is 0 Å². The zero-order valence-corrected chi connectivity index (χ0v) is 18.2. The number of halogens is 1. The highest BCUT2D eigenvalue weighted by molar-refractivity contribution is 6.34. The highest BCUT2D eigenvalue weighted by Gasteiger charge is 2.19. The van der Waals surface area contributed by atoms with E-state index in [1.54, 1.807) is 42.5 Å². The summed E-state index contributed by atoms with van der Waals surface area (Å²) in [6.07, 6.45) is 5.41. The van der Waals surface area contributed by atoms with Crippen molar-refractivity contribution in [1.29, 1.82) is 0 Å².